The molecule has 38 heavy (non-hydrogen) atoms. The van der Waals surface area contributed by atoms with Crippen molar-refractivity contribution in [3.8, 4) is 0 Å². The predicted molar refractivity (Wildman–Crippen MR) is 134 cm³/mol. The second-order valence-electron chi connectivity index (χ2n) is 12.1. The predicted octanol–water partition coefficient (Wildman–Crippen LogP) is 2.11. The molecule has 5 rings (SSSR count). The summed E-state index contributed by atoms with van der Waals surface area (Å²) in [5.74, 6) is -2.91. The number of benzene rings is 1. The van der Waals surface area contributed by atoms with E-state index in [0.717, 1.165) is 0 Å². The molecule has 1 saturated heterocycles. The number of Topliss-reactive ketones (excluding diaryl/α,β-unsaturated/α-hetero) is 1. The Kier molecular flexibility index (Phi) is 6.19. The molecule has 2 bridgehead atoms. The molecule has 3 N–H and O–H groups in total. The first kappa shape index (κ1) is 27.0. The average molecular weight is 529 g/mol. The Hall–Kier alpha value is -2.59. The van der Waals surface area contributed by atoms with E-state index in [0.29, 0.717) is 12.0 Å². The molecule has 1 heterocycles. The van der Waals surface area contributed by atoms with Gasteiger partial charge in [0.25, 0.3) is 0 Å². The Morgan fingerprint density at radius 3 is 2.34 bits per heavy atom. The molecule has 9 nitrogen and oxygen atoms in total. The highest BCUT2D eigenvalue weighted by atomic mass is 16.6. The SMILES string of the molecule is CC(=O)O[C@@]12CO[C@@H]1CC[C@@]1(C)C(=O)[C@H](O)C3=C(C)C(O)C[C@@](O)([C@@H](OC(=O)c4ccccc4)[C@H]21)C3(C)C. The third kappa shape index (κ3) is 3.48. The Bertz CT molecular complexity index is 1210. The van der Waals surface area contributed by atoms with Crippen LogP contribution in [0, 0.1) is 16.7 Å². The van der Waals surface area contributed by atoms with Crippen LogP contribution in [-0.2, 0) is 23.8 Å². The van der Waals surface area contributed by atoms with Gasteiger partial charge >= 0.3 is 11.9 Å². The molecule has 0 radical (unpaired) electrons. The standard InChI is InChI=1S/C29H36O9/c1-15-18(31)13-29(35)24(37-25(34)17-9-7-6-8-10-17)22-27(5,23(33)21(32)20(15)26(29,3)4)12-11-19-28(22,14-36-19)38-16(2)30/h6-10,18-19,21-22,24,31-32,35H,11-14H2,1-5H3/t18?,19-,21-,22+,24+,27-,28+,29-/m1/s1. The first-order chi connectivity index (χ1) is 17.7. The molecule has 2 saturated carbocycles. The summed E-state index contributed by atoms with van der Waals surface area (Å²) in [5, 5.41) is 35.3. The van der Waals surface area contributed by atoms with Crippen LogP contribution in [0.15, 0.2) is 41.5 Å². The first-order valence-electron chi connectivity index (χ1n) is 13.1. The van der Waals surface area contributed by atoms with Gasteiger partial charge < -0.3 is 29.5 Å². The van der Waals surface area contributed by atoms with Gasteiger partial charge in [0.1, 0.15) is 23.9 Å². The van der Waals surface area contributed by atoms with Crippen molar-refractivity contribution in [2.45, 2.75) is 89.5 Å². The van der Waals surface area contributed by atoms with Gasteiger partial charge in [0.2, 0.25) is 0 Å². The zero-order chi connectivity index (χ0) is 27.8. The Balaban J connectivity index is 1.78. The fourth-order valence-electron chi connectivity index (χ4n) is 7.68. The van der Waals surface area contributed by atoms with Crippen LogP contribution < -0.4 is 0 Å². The largest absolute Gasteiger partial charge is 0.455 e. The highest BCUT2D eigenvalue weighted by molar-refractivity contribution is 5.93. The minimum atomic E-state index is -1.94. The van der Waals surface area contributed by atoms with Gasteiger partial charge in [0.15, 0.2) is 11.4 Å². The molecule has 3 fully saturated rings. The maximum atomic E-state index is 14.2. The average Bonchev–Trinajstić information content (AvgIpc) is 2.84. The summed E-state index contributed by atoms with van der Waals surface area (Å²) >= 11 is 0. The molecular formula is C29H36O9. The Morgan fingerprint density at radius 2 is 1.76 bits per heavy atom. The van der Waals surface area contributed by atoms with E-state index in [-0.39, 0.29) is 30.6 Å². The van der Waals surface area contributed by atoms with Crippen molar-refractivity contribution >= 4 is 17.7 Å². The van der Waals surface area contributed by atoms with Gasteiger partial charge in [-0.1, -0.05) is 39.0 Å². The number of esters is 2. The van der Waals surface area contributed by atoms with Crippen molar-refractivity contribution in [2.75, 3.05) is 6.61 Å². The fourth-order valence-corrected chi connectivity index (χ4v) is 7.68. The smallest absolute Gasteiger partial charge is 0.338 e. The quantitative estimate of drug-likeness (QED) is 0.398. The fraction of sp³-hybridized carbons (Fsp3) is 0.621. The molecule has 0 aromatic heterocycles. The van der Waals surface area contributed by atoms with Gasteiger partial charge in [-0.25, -0.2) is 4.79 Å². The van der Waals surface area contributed by atoms with E-state index in [2.05, 4.69) is 0 Å². The normalized spacial score (nSPS) is 41.6. The first-order valence-corrected chi connectivity index (χ1v) is 13.1. The number of ether oxygens (including phenoxy) is 3. The van der Waals surface area contributed by atoms with Crippen molar-refractivity contribution in [2.24, 2.45) is 16.7 Å². The Labute approximate surface area is 221 Å². The molecule has 9 heteroatoms. The molecule has 4 aliphatic rings. The minimum absolute atomic E-state index is 0.0545. The zero-order valence-corrected chi connectivity index (χ0v) is 22.4. The molecule has 8 atom stereocenters. The molecule has 1 aromatic rings. The number of aliphatic hydroxyl groups excluding tert-OH is 2. The number of rotatable bonds is 3. The van der Waals surface area contributed by atoms with Crippen LogP contribution in [0.25, 0.3) is 0 Å². The number of carbonyl (C=O) groups excluding carboxylic acids is 3. The lowest BCUT2D eigenvalue weighted by Crippen LogP contribution is -2.79. The van der Waals surface area contributed by atoms with E-state index in [1.165, 1.54) is 6.92 Å². The minimum Gasteiger partial charge on any atom is -0.455 e. The van der Waals surface area contributed by atoms with Crippen molar-refractivity contribution in [1.82, 2.24) is 0 Å². The van der Waals surface area contributed by atoms with Crippen LogP contribution in [0.1, 0.15) is 64.2 Å². The van der Waals surface area contributed by atoms with Gasteiger partial charge in [-0.15, -0.1) is 0 Å². The van der Waals surface area contributed by atoms with Gasteiger partial charge in [0.05, 0.1) is 24.2 Å². The van der Waals surface area contributed by atoms with E-state index in [4.69, 9.17) is 14.2 Å². The molecule has 1 aromatic carbocycles. The molecular weight excluding hydrogens is 492 g/mol. The summed E-state index contributed by atoms with van der Waals surface area (Å²) in [6.07, 6.45) is -4.37. The number of hydrogen-bond donors (Lipinski definition) is 3. The second-order valence-corrected chi connectivity index (χ2v) is 12.1. The third-order valence-corrected chi connectivity index (χ3v) is 9.81. The molecule has 206 valence electrons. The van der Waals surface area contributed by atoms with E-state index in [1.54, 1.807) is 58.0 Å². The van der Waals surface area contributed by atoms with Crippen molar-refractivity contribution in [3.05, 3.63) is 47.0 Å². The van der Waals surface area contributed by atoms with Crippen LogP contribution in [0.2, 0.25) is 0 Å². The Morgan fingerprint density at radius 1 is 1.11 bits per heavy atom. The van der Waals surface area contributed by atoms with E-state index >= 15 is 0 Å². The lowest BCUT2D eigenvalue weighted by molar-refractivity contribution is -0.332. The van der Waals surface area contributed by atoms with Gasteiger partial charge in [0, 0.05) is 24.2 Å². The van der Waals surface area contributed by atoms with Crippen LogP contribution in [0.4, 0.5) is 0 Å². The monoisotopic (exact) mass is 528 g/mol. The van der Waals surface area contributed by atoms with Gasteiger partial charge in [-0.3, -0.25) is 9.59 Å². The lowest BCUT2D eigenvalue weighted by Gasteiger charge is -2.66. The zero-order valence-electron chi connectivity index (χ0n) is 22.4. The molecule has 1 unspecified atom stereocenters. The van der Waals surface area contributed by atoms with Crippen molar-refractivity contribution < 1.29 is 43.9 Å². The van der Waals surface area contributed by atoms with E-state index in [9.17, 15) is 29.7 Å². The number of carbonyl (C=O) groups is 3. The summed E-state index contributed by atoms with van der Waals surface area (Å²) < 4.78 is 17.9. The lowest BCUT2D eigenvalue weighted by atomic mass is 9.45. The van der Waals surface area contributed by atoms with Crippen LogP contribution in [0.3, 0.4) is 0 Å². The third-order valence-electron chi connectivity index (χ3n) is 9.81. The summed E-state index contributed by atoms with van der Waals surface area (Å²) in [6.45, 7) is 7.87. The molecule has 0 spiro atoms. The number of fused-ring (bicyclic) bond motifs is 5. The summed E-state index contributed by atoms with van der Waals surface area (Å²) in [5.41, 5.74) is -5.10. The van der Waals surface area contributed by atoms with Crippen molar-refractivity contribution in [3.63, 3.8) is 0 Å². The van der Waals surface area contributed by atoms with Crippen LogP contribution >= 0.6 is 0 Å². The molecule has 1 aliphatic heterocycles. The van der Waals surface area contributed by atoms with E-state index in [1.807, 2.05) is 0 Å². The number of hydrogen-bond acceptors (Lipinski definition) is 9. The van der Waals surface area contributed by atoms with Crippen LogP contribution in [0.5, 0.6) is 0 Å². The van der Waals surface area contributed by atoms with Crippen LogP contribution in [-0.4, -0.2) is 75.3 Å². The molecule has 0 amide bonds. The van der Waals surface area contributed by atoms with Gasteiger partial charge in [-0.2, -0.15) is 0 Å². The van der Waals surface area contributed by atoms with E-state index < -0.39 is 70.1 Å². The number of ketones is 1. The van der Waals surface area contributed by atoms with Crippen molar-refractivity contribution in [1.29, 1.82) is 0 Å². The highest BCUT2D eigenvalue weighted by Crippen LogP contribution is 2.63. The summed E-state index contributed by atoms with van der Waals surface area (Å²) in [7, 11) is 0. The highest BCUT2D eigenvalue weighted by Gasteiger charge is 2.75. The topological polar surface area (TPSA) is 140 Å². The summed E-state index contributed by atoms with van der Waals surface area (Å²) in [4.78, 5) is 40.2. The maximum Gasteiger partial charge on any atom is 0.338 e. The van der Waals surface area contributed by atoms with Gasteiger partial charge in [-0.05, 0) is 43.0 Å². The maximum absolute atomic E-state index is 14.2. The molecule has 3 aliphatic carbocycles. The number of aliphatic hydroxyl groups is 3. The second kappa shape index (κ2) is 8.71. The summed E-state index contributed by atoms with van der Waals surface area (Å²) in [6, 6.07) is 8.28.